The van der Waals surface area contributed by atoms with Gasteiger partial charge in [0.05, 0.1) is 12.6 Å². The number of carbonyl (C=O) groups is 1. The lowest BCUT2D eigenvalue weighted by molar-refractivity contribution is -0.117. The van der Waals surface area contributed by atoms with Crippen LogP contribution in [0, 0.1) is 19.8 Å². The molecule has 2 N–H and O–H groups in total. The van der Waals surface area contributed by atoms with Gasteiger partial charge in [0.25, 0.3) is 0 Å². The standard InChI is InChI=1S/C17H26N2O2/c1-12-8-13(2)10-16(9-12)18-17(21)11-19-6-4-15(5-7-19)14(3)20/h8-10,14-15,20H,4-7,11H2,1-3H3,(H,18,21). The van der Waals surface area contributed by atoms with Crippen molar-refractivity contribution in [2.75, 3.05) is 25.0 Å². The van der Waals surface area contributed by atoms with Gasteiger partial charge in [0.15, 0.2) is 0 Å². The highest BCUT2D eigenvalue weighted by Crippen LogP contribution is 2.20. The number of carbonyl (C=O) groups excluding carboxylic acids is 1. The summed E-state index contributed by atoms with van der Waals surface area (Å²) < 4.78 is 0. The number of benzene rings is 1. The van der Waals surface area contributed by atoms with E-state index in [1.807, 2.05) is 32.9 Å². The first-order chi connectivity index (χ1) is 9.94. The summed E-state index contributed by atoms with van der Waals surface area (Å²) in [6.07, 6.45) is 1.69. The molecule has 1 saturated heterocycles. The van der Waals surface area contributed by atoms with E-state index in [-0.39, 0.29) is 12.0 Å². The van der Waals surface area contributed by atoms with Gasteiger partial charge in [-0.1, -0.05) is 6.07 Å². The Hall–Kier alpha value is -1.39. The SMILES string of the molecule is Cc1cc(C)cc(NC(=O)CN2CCC(C(C)O)CC2)c1. The summed E-state index contributed by atoms with van der Waals surface area (Å²) in [7, 11) is 0. The predicted molar refractivity (Wildman–Crippen MR) is 85.4 cm³/mol. The Morgan fingerprint density at radius 1 is 1.29 bits per heavy atom. The van der Waals surface area contributed by atoms with E-state index in [9.17, 15) is 9.90 Å². The van der Waals surface area contributed by atoms with E-state index in [0.717, 1.165) is 42.7 Å². The predicted octanol–water partition coefficient (Wildman–Crippen LogP) is 2.33. The summed E-state index contributed by atoms with van der Waals surface area (Å²) in [5.41, 5.74) is 3.18. The molecule has 1 unspecified atom stereocenters. The highest BCUT2D eigenvalue weighted by Gasteiger charge is 2.23. The van der Waals surface area contributed by atoms with Gasteiger partial charge in [-0.25, -0.2) is 0 Å². The van der Waals surface area contributed by atoms with Crippen LogP contribution in [-0.2, 0) is 4.79 Å². The molecule has 1 amide bonds. The van der Waals surface area contributed by atoms with Gasteiger partial charge in [0, 0.05) is 5.69 Å². The first-order valence-corrected chi connectivity index (χ1v) is 7.72. The molecule has 0 spiro atoms. The number of hydrogen-bond acceptors (Lipinski definition) is 3. The summed E-state index contributed by atoms with van der Waals surface area (Å²) in [5.74, 6) is 0.416. The number of rotatable bonds is 4. The average Bonchev–Trinajstić information content (AvgIpc) is 2.37. The van der Waals surface area contributed by atoms with Crippen LogP contribution in [0.15, 0.2) is 18.2 Å². The molecule has 1 fully saturated rings. The van der Waals surface area contributed by atoms with Gasteiger partial charge >= 0.3 is 0 Å². The molecule has 0 saturated carbocycles. The summed E-state index contributed by atoms with van der Waals surface area (Å²) >= 11 is 0. The molecule has 0 bridgehead atoms. The monoisotopic (exact) mass is 290 g/mol. The van der Waals surface area contributed by atoms with Gasteiger partial charge in [-0.3, -0.25) is 9.69 Å². The summed E-state index contributed by atoms with van der Waals surface area (Å²) in [4.78, 5) is 14.3. The number of aliphatic hydroxyl groups is 1. The van der Waals surface area contributed by atoms with Crippen molar-refractivity contribution in [1.29, 1.82) is 0 Å². The molecule has 116 valence electrons. The second-order valence-electron chi connectivity index (χ2n) is 6.28. The van der Waals surface area contributed by atoms with Crippen molar-refractivity contribution in [2.45, 2.75) is 39.7 Å². The minimum Gasteiger partial charge on any atom is -0.393 e. The number of likely N-dealkylation sites (tertiary alicyclic amines) is 1. The molecule has 0 aromatic heterocycles. The Morgan fingerprint density at radius 2 is 1.86 bits per heavy atom. The lowest BCUT2D eigenvalue weighted by Gasteiger charge is -2.32. The number of hydrogen-bond donors (Lipinski definition) is 2. The molecular weight excluding hydrogens is 264 g/mol. The fraction of sp³-hybridized carbons (Fsp3) is 0.588. The molecule has 21 heavy (non-hydrogen) atoms. The number of nitrogens with one attached hydrogen (secondary N) is 1. The third-order valence-electron chi connectivity index (χ3n) is 4.19. The van der Waals surface area contributed by atoms with Gasteiger partial charge in [-0.15, -0.1) is 0 Å². The first kappa shape index (κ1) is 16.0. The fourth-order valence-corrected chi connectivity index (χ4v) is 3.04. The van der Waals surface area contributed by atoms with E-state index >= 15 is 0 Å². The van der Waals surface area contributed by atoms with Gasteiger partial charge in [0.1, 0.15) is 0 Å². The largest absolute Gasteiger partial charge is 0.393 e. The zero-order valence-electron chi connectivity index (χ0n) is 13.2. The molecule has 1 heterocycles. The van der Waals surface area contributed by atoms with E-state index in [1.54, 1.807) is 0 Å². The number of aliphatic hydroxyl groups excluding tert-OH is 1. The van der Waals surface area contributed by atoms with Crippen LogP contribution in [0.3, 0.4) is 0 Å². The van der Waals surface area contributed by atoms with Gasteiger partial charge in [-0.05, 0) is 75.9 Å². The third-order valence-corrected chi connectivity index (χ3v) is 4.19. The van der Waals surface area contributed by atoms with E-state index in [1.165, 1.54) is 0 Å². The van der Waals surface area contributed by atoms with Gasteiger partial charge in [-0.2, -0.15) is 0 Å². The Labute approximate surface area is 127 Å². The van der Waals surface area contributed by atoms with Crippen LogP contribution in [0.25, 0.3) is 0 Å². The molecule has 4 nitrogen and oxygen atoms in total. The molecular formula is C17H26N2O2. The van der Waals surface area contributed by atoms with Crippen LogP contribution in [0.1, 0.15) is 30.9 Å². The third kappa shape index (κ3) is 4.83. The van der Waals surface area contributed by atoms with E-state index in [2.05, 4.69) is 16.3 Å². The highest BCUT2D eigenvalue weighted by atomic mass is 16.3. The molecule has 0 aliphatic carbocycles. The van der Waals surface area contributed by atoms with Crippen LogP contribution in [0.5, 0.6) is 0 Å². The van der Waals surface area contributed by atoms with Gasteiger partial charge in [0.2, 0.25) is 5.91 Å². The maximum absolute atomic E-state index is 12.1. The molecule has 1 aromatic carbocycles. The maximum atomic E-state index is 12.1. The minimum absolute atomic E-state index is 0.0375. The summed E-state index contributed by atoms with van der Waals surface area (Å²) in [6.45, 7) is 8.12. The zero-order chi connectivity index (χ0) is 15.4. The first-order valence-electron chi connectivity index (χ1n) is 7.72. The lowest BCUT2D eigenvalue weighted by atomic mass is 9.92. The number of aryl methyl sites for hydroxylation is 2. The number of nitrogens with zero attached hydrogens (tertiary/aromatic N) is 1. The molecule has 1 aliphatic heterocycles. The zero-order valence-corrected chi connectivity index (χ0v) is 13.2. The smallest absolute Gasteiger partial charge is 0.238 e. The summed E-state index contributed by atoms with van der Waals surface area (Å²) in [5, 5.41) is 12.6. The van der Waals surface area contributed by atoms with Crippen molar-refractivity contribution < 1.29 is 9.90 Å². The molecule has 4 heteroatoms. The fourth-order valence-electron chi connectivity index (χ4n) is 3.04. The van der Waals surface area contributed by atoms with Crippen molar-refractivity contribution in [3.05, 3.63) is 29.3 Å². The molecule has 1 atom stereocenters. The number of anilines is 1. The molecule has 0 radical (unpaired) electrons. The van der Waals surface area contributed by atoms with Crippen molar-refractivity contribution in [3.8, 4) is 0 Å². The molecule has 1 aromatic rings. The summed E-state index contributed by atoms with van der Waals surface area (Å²) in [6, 6.07) is 6.08. The second kappa shape index (κ2) is 7.05. The van der Waals surface area contributed by atoms with Crippen LogP contribution in [0.2, 0.25) is 0 Å². The van der Waals surface area contributed by atoms with Crippen molar-refractivity contribution in [2.24, 2.45) is 5.92 Å². The Morgan fingerprint density at radius 3 is 2.38 bits per heavy atom. The average molecular weight is 290 g/mol. The van der Waals surface area contributed by atoms with Crippen LogP contribution >= 0.6 is 0 Å². The Bertz CT molecular complexity index is 471. The van der Waals surface area contributed by atoms with Crippen molar-refractivity contribution in [1.82, 2.24) is 4.90 Å². The number of piperidine rings is 1. The Kier molecular flexibility index (Phi) is 5.37. The van der Waals surface area contributed by atoms with Crippen LogP contribution in [-0.4, -0.2) is 41.7 Å². The van der Waals surface area contributed by atoms with Crippen LogP contribution < -0.4 is 5.32 Å². The maximum Gasteiger partial charge on any atom is 0.238 e. The van der Waals surface area contributed by atoms with Crippen molar-refractivity contribution in [3.63, 3.8) is 0 Å². The van der Waals surface area contributed by atoms with E-state index < -0.39 is 0 Å². The molecule has 1 aliphatic rings. The Balaban J connectivity index is 1.82. The number of amides is 1. The van der Waals surface area contributed by atoms with Crippen LogP contribution in [0.4, 0.5) is 5.69 Å². The highest BCUT2D eigenvalue weighted by molar-refractivity contribution is 5.92. The minimum atomic E-state index is -0.240. The van der Waals surface area contributed by atoms with E-state index in [4.69, 9.17) is 0 Å². The molecule has 2 rings (SSSR count). The van der Waals surface area contributed by atoms with Crippen molar-refractivity contribution >= 4 is 11.6 Å². The quantitative estimate of drug-likeness (QED) is 0.895. The lowest BCUT2D eigenvalue weighted by Crippen LogP contribution is -2.41. The normalized spacial score (nSPS) is 18.5. The topological polar surface area (TPSA) is 52.6 Å². The van der Waals surface area contributed by atoms with E-state index in [0.29, 0.717) is 12.5 Å². The second-order valence-corrected chi connectivity index (χ2v) is 6.28. The van der Waals surface area contributed by atoms with Gasteiger partial charge < -0.3 is 10.4 Å².